The Balaban J connectivity index is 2.43. The highest BCUT2D eigenvalue weighted by Crippen LogP contribution is 2.21. The molecule has 0 aliphatic carbocycles. The van der Waals surface area contributed by atoms with Gasteiger partial charge in [-0.15, -0.1) is 0 Å². The molecule has 0 saturated heterocycles. The van der Waals surface area contributed by atoms with E-state index < -0.39 is 0 Å². The molecule has 2 rings (SSSR count). The van der Waals surface area contributed by atoms with Crippen LogP contribution in [0.5, 0.6) is 0 Å². The van der Waals surface area contributed by atoms with Crippen LogP contribution in [0, 0.1) is 6.92 Å². The Kier molecular flexibility index (Phi) is 4.75. The zero-order valence-corrected chi connectivity index (χ0v) is 13.7. The zero-order chi connectivity index (χ0) is 16.3. The van der Waals surface area contributed by atoms with E-state index in [9.17, 15) is 4.79 Å². The van der Waals surface area contributed by atoms with Crippen LogP contribution in [0.1, 0.15) is 29.8 Å². The molecule has 22 heavy (non-hydrogen) atoms. The van der Waals surface area contributed by atoms with Crippen molar-refractivity contribution < 1.29 is 4.79 Å². The number of aryl methyl sites for hydroxylation is 1. The topological polar surface area (TPSA) is 58.1 Å². The number of nitrogens with zero attached hydrogens (tertiary/aromatic N) is 3. The average molecular weight is 298 g/mol. The van der Waals surface area contributed by atoms with Gasteiger partial charge in [0.25, 0.3) is 5.91 Å². The highest BCUT2D eigenvalue weighted by Gasteiger charge is 2.17. The lowest BCUT2D eigenvalue weighted by atomic mass is 10.1. The first kappa shape index (κ1) is 15.9. The summed E-state index contributed by atoms with van der Waals surface area (Å²) in [4.78, 5) is 23.0. The number of benzene rings is 1. The highest BCUT2D eigenvalue weighted by molar-refractivity contribution is 5.99. The summed E-state index contributed by atoms with van der Waals surface area (Å²) in [6, 6.07) is 8.08. The lowest BCUT2D eigenvalue weighted by molar-refractivity contribution is 0.0943. The monoisotopic (exact) mass is 298 g/mol. The summed E-state index contributed by atoms with van der Waals surface area (Å²) in [5.41, 5.74) is 2.60. The Hall–Kier alpha value is -2.43. The molecule has 0 radical (unpaired) electrons. The summed E-state index contributed by atoms with van der Waals surface area (Å²) < 4.78 is 0. The molecule has 0 spiro atoms. The second-order valence-corrected chi connectivity index (χ2v) is 5.82. The molecule has 0 aliphatic heterocycles. The summed E-state index contributed by atoms with van der Waals surface area (Å²) in [7, 11) is 3.74. The molecule has 1 aromatic heterocycles. The van der Waals surface area contributed by atoms with E-state index in [1.807, 2.05) is 64.0 Å². The van der Waals surface area contributed by atoms with E-state index in [1.54, 1.807) is 6.20 Å². The van der Waals surface area contributed by atoms with Crippen LogP contribution in [-0.4, -0.2) is 36.0 Å². The summed E-state index contributed by atoms with van der Waals surface area (Å²) in [5.74, 6) is 1.07. The van der Waals surface area contributed by atoms with Crippen molar-refractivity contribution in [1.29, 1.82) is 0 Å². The Morgan fingerprint density at radius 3 is 2.36 bits per heavy atom. The summed E-state index contributed by atoms with van der Waals surface area (Å²) in [6.07, 6.45) is 1.59. The van der Waals surface area contributed by atoms with Crippen LogP contribution in [0.3, 0.4) is 0 Å². The molecule has 1 aromatic carbocycles. The molecule has 5 nitrogen and oxygen atoms in total. The Labute approximate surface area is 131 Å². The van der Waals surface area contributed by atoms with Crippen molar-refractivity contribution in [2.75, 3.05) is 19.0 Å². The Bertz CT molecular complexity index is 663. The molecule has 0 bridgehead atoms. The fraction of sp³-hybridized carbons (Fsp3) is 0.353. The van der Waals surface area contributed by atoms with Crippen LogP contribution in [0.15, 0.2) is 30.5 Å². The number of nitrogens with one attached hydrogen (secondary N) is 1. The van der Waals surface area contributed by atoms with Crippen molar-refractivity contribution in [1.82, 2.24) is 15.3 Å². The van der Waals surface area contributed by atoms with Crippen molar-refractivity contribution in [3.8, 4) is 11.4 Å². The van der Waals surface area contributed by atoms with Crippen molar-refractivity contribution in [3.05, 3.63) is 41.6 Å². The van der Waals surface area contributed by atoms with Crippen molar-refractivity contribution in [2.45, 2.75) is 26.8 Å². The maximum Gasteiger partial charge on any atom is 0.256 e. The van der Waals surface area contributed by atoms with Gasteiger partial charge >= 0.3 is 0 Å². The third-order valence-electron chi connectivity index (χ3n) is 3.17. The molecule has 0 atom stereocenters. The second kappa shape index (κ2) is 6.56. The van der Waals surface area contributed by atoms with Gasteiger partial charge in [-0.25, -0.2) is 9.97 Å². The van der Waals surface area contributed by atoms with E-state index in [0.29, 0.717) is 17.2 Å². The number of carbonyl (C=O) groups is 1. The number of carbonyl (C=O) groups excluding carboxylic acids is 1. The lowest BCUT2D eigenvalue weighted by Crippen LogP contribution is -2.32. The number of aromatic nitrogens is 2. The van der Waals surface area contributed by atoms with Gasteiger partial charge in [-0.2, -0.15) is 0 Å². The first-order valence-corrected chi connectivity index (χ1v) is 7.30. The third kappa shape index (κ3) is 3.61. The first-order valence-electron chi connectivity index (χ1n) is 7.30. The number of anilines is 1. The van der Waals surface area contributed by atoms with Crippen molar-refractivity contribution in [2.24, 2.45) is 0 Å². The van der Waals surface area contributed by atoms with Gasteiger partial charge in [-0.3, -0.25) is 4.79 Å². The third-order valence-corrected chi connectivity index (χ3v) is 3.17. The first-order chi connectivity index (χ1) is 10.4. The molecule has 0 saturated carbocycles. The van der Waals surface area contributed by atoms with Gasteiger partial charge in [0.15, 0.2) is 5.82 Å². The van der Waals surface area contributed by atoms with Crippen LogP contribution >= 0.6 is 0 Å². The minimum Gasteiger partial charge on any atom is -0.362 e. The van der Waals surface area contributed by atoms with E-state index in [1.165, 1.54) is 5.56 Å². The maximum atomic E-state index is 12.3. The SMILES string of the molecule is Cc1ccc(-c2ncc(C(=O)NC(C)C)c(N(C)C)n2)cc1. The summed E-state index contributed by atoms with van der Waals surface area (Å²) in [5, 5.41) is 2.88. The Morgan fingerprint density at radius 1 is 1.18 bits per heavy atom. The predicted molar refractivity (Wildman–Crippen MR) is 89.1 cm³/mol. The van der Waals surface area contributed by atoms with Gasteiger partial charge < -0.3 is 10.2 Å². The molecule has 116 valence electrons. The minimum atomic E-state index is -0.158. The largest absolute Gasteiger partial charge is 0.362 e. The van der Waals surface area contributed by atoms with Gasteiger partial charge in [-0.05, 0) is 20.8 Å². The van der Waals surface area contributed by atoms with E-state index in [4.69, 9.17) is 0 Å². The van der Waals surface area contributed by atoms with Crippen LogP contribution < -0.4 is 10.2 Å². The fourth-order valence-electron chi connectivity index (χ4n) is 2.06. The molecular weight excluding hydrogens is 276 g/mol. The second-order valence-electron chi connectivity index (χ2n) is 5.82. The van der Waals surface area contributed by atoms with E-state index in [2.05, 4.69) is 15.3 Å². The molecular formula is C17H22N4O. The van der Waals surface area contributed by atoms with Crippen LogP contribution in [0.2, 0.25) is 0 Å². The van der Waals surface area contributed by atoms with E-state index in [-0.39, 0.29) is 11.9 Å². The van der Waals surface area contributed by atoms with Gasteiger partial charge in [0.1, 0.15) is 11.4 Å². The van der Waals surface area contributed by atoms with Gasteiger partial charge in [-0.1, -0.05) is 29.8 Å². The van der Waals surface area contributed by atoms with Crippen LogP contribution in [0.25, 0.3) is 11.4 Å². The van der Waals surface area contributed by atoms with Crippen LogP contribution in [0.4, 0.5) is 5.82 Å². The number of rotatable bonds is 4. The molecule has 1 amide bonds. The summed E-state index contributed by atoms with van der Waals surface area (Å²) >= 11 is 0. The zero-order valence-electron chi connectivity index (χ0n) is 13.7. The van der Waals surface area contributed by atoms with Gasteiger partial charge in [0.2, 0.25) is 0 Å². The minimum absolute atomic E-state index is 0.0688. The molecule has 0 fully saturated rings. The normalized spacial score (nSPS) is 10.6. The van der Waals surface area contributed by atoms with E-state index >= 15 is 0 Å². The highest BCUT2D eigenvalue weighted by atomic mass is 16.1. The molecule has 2 aromatic rings. The van der Waals surface area contributed by atoms with Crippen LogP contribution in [-0.2, 0) is 0 Å². The fourth-order valence-corrected chi connectivity index (χ4v) is 2.06. The van der Waals surface area contributed by atoms with E-state index in [0.717, 1.165) is 5.56 Å². The lowest BCUT2D eigenvalue weighted by Gasteiger charge is -2.17. The standard InChI is InChI=1S/C17H22N4O/c1-11(2)19-17(22)14-10-18-15(20-16(14)21(4)5)13-8-6-12(3)7-9-13/h6-11H,1-5H3,(H,19,22). The predicted octanol–water partition coefficient (Wildman–Crippen LogP) is 2.66. The summed E-state index contributed by atoms with van der Waals surface area (Å²) in [6.45, 7) is 5.89. The maximum absolute atomic E-state index is 12.3. The van der Waals surface area contributed by atoms with Crippen molar-refractivity contribution in [3.63, 3.8) is 0 Å². The molecule has 5 heteroatoms. The smallest absolute Gasteiger partial charge is 0.256 e. The molecule has 0 aliphatic rings. The number of amides is 1. The number of hydrogen-bond acceptors (Lipinski definition) is 4. The average Bonchev–Trinajstić information content (AvgIpc) is 2.46. The Morgan fingerprint density at radius 2 is 1.82 bits per heavy atom. The van der Waals surface area contributed by atoms with Crippen molar-refractivity contribution >= 4 is 11.7 Å². The molecule has 1 N–H and O–H groups in total. The number of hydrogen-bond donors (Lipinski definition) is 1. The van der Waals surface area contributed by atoms with Gasteiger partial charge in [0, 0.05) is 31.9 Å². The molecule has 1 heterocycles. The quantitative estimate of drug-likeness (QED) is 0.943. The molecule has 0 unspecified atom stereocenters. The van der Waals surface area contributed by atoms with Gasteiger partial charge in [0.05, 0.1) is 0 Å².